The first-order valence-electron chi connectivity index (χ1n) is 8.78. The Labute approximate surface area is 160 Å². The second kappa shape index (κ2) is 13.0. The number of aromatic nitrogens is 1. The number of nitrogens with one attached hydrogen (secondary N) is 1. The quantitative estimate of drug-likeness (QED) is 0.630. The lowest BCUT2D eigenvalue weighted by Gasteiger charge is -2.11. The Morgan fingerprint density at radius 3 is 1.96 bits per heavy atom. The number of hydrogen-bond donors (Lipinski definition) is 1. The van der Waals surface area contributed by atoms with E-state index in [1.165, 1.54) is 0 Å². The van der Waals surface area contributed by atoms with Gasteiger partial charge in [0.15, 0.2) is 0 Å². The van der Waals surface area contributed by atoms with Gasteiger partial charge in [-0.15, -0.1) is 0 Å². The van der Waals surface area contributed by atoms with Crippen LogP contribution in [0.4, 0.5) is 10.5 Å². The van der Waals surface area contributed by atoms with Crippen molar-refractivity contribution in [3.8, 4) is 0 Å². The lowest BCUT2D eigenvalue weighted by Crippen LogP contribution is -2.30. The molecule has 6 nitrogen and oxygen atoms in total. The number of urea groups is 1. The van der Waals surface area contributed by atoms with Crippen LogP contribution in [0.15, 0.2) is 54.5 Å². The first kappa shape index (κ1) is 23.7. The summed E-state index contributed by atoms with van der Waals surface area (Å²) in [6.45, 7) is 11.9. The molecule has 1 aromatic heterocycles. The second-order valence-corrected chi connectivity index (χ2v) is 4.74. The lowest BCUT2D eigenvalue weighted by molar-refractivity contribution is -0.113. The molecular formula is C21H27N3O3. The van der Waals surface area contributed by atoms with Gasteiger partial charge in [0.2, 0.25) is 0 Å². The molecule has 2 aromatic rings. The van der Waals surface area contributed by atoms with Crippen molar-refractivity contribution < 1.29 is 14.4 Å². The zero-order valence-electron chi connectivity index (χ0n) is 16.5. The zero-order valence-corrected chi connectivity index (χ0v) is 16.5. The molecule has 144 valence electrons. The van der Waals surface area contributed by atoms with E-state index in [-0.39, 0.29) is 11.6 Å². The maximum atomic E-state index is 12.4. The Morgan fingerprint density at radius 2 is 1.44 bits per heavy atom. The first-order valence-corrected chi connectivity index (χ1v) is 8.78. The fourth-order valence-electron chi connectivity index (χ4n) is 2.09. The van der Waals surface area contributed by atoms with Gasteiger partial charge < -0.3 is 10.1 Å². The standard InChI is InChI=1S/C16H13N3O2.2C2H6.CH2O/c1-11-2-4-13(5-3-11)19-15(20)14(18-16(19)21)10-12-6-8-17-9-7-12;3*1-2/h2-10H,1H3,(H,18,21);2*1-2H3;1H2/b14-10-;;;. The van der Waals surface area contributed by atoms with Crippen molar-refractivity contribution in [3.63, 3.8) is 0 Å². The predicted octanol–water partition coefficient (Wildman–Crippen LogP) is 4.35. The van der Waals surface area contributed by atoms with E-state index in [4.69, 9.17) is 4.79 Å². The minimum Gasteiger partial charge on any atom is -0.307 e. The van der Waals surface area contributed by atoms with Crippen molar-refractivity contribution >= 4 is 30.5 Å². The summed E-state index contributed by atoms with van der Waals surface area (Å²) < 4.78 is 0. The van der Waals surface area contributed by atoms with Crippen molar-refractivity contribution in [3.05, 3.63) is 65.6 Å². The first-order chi connectivity index (χ1) is 13.1. The molecule has 0 saturated carbocycles. The highest BCUT2D eigenvalue weighted by Crippen LogP contribution is 2.22. The second-order valence-electron chi connectivity index (χ2n) is 4.74. The fourth-order valence-corrected chi connectivity index (χ4v) is 2.09. The molecule has 0 aliphatic carbocycles. The molecule has 1 fully saturated rings. The molecule has 3 amide bonds. The van der Waals surface area contributed by atoms with Gasteiger partial charge in [-0.3, -0.25) is 9.78 Å². The molecule has 0 bridgehead atoms. The number of anilines is 1. The largest absolute Gasteiger partial charge is 0.333 e. The Hall–Kier alpha value is -3.28. The van der Waals surface area contributed by atoms with Crippen LogP contribution in [0, 0.1) is 6.92 Å². The van der Waals surface area contributed by atoms with Crippen LogP contribution in [0.5, 0.6) is 0 Å². The molecule has 6 heteroatoms. The summed E-state index contributed by atoms with van der Waals surface area (Å²) in [6, 6.07) is 10.3. The van der Waals surface area contributed by atoms with E-state index in [0.717, 1.165) is 16.0 Å². The summed E-state index contributed by atoms with van der Waals surface area (Å²) in [6.07, 6.45) is 4.90. The van der Waals surface area contributed by atoms with Gasteiger partial charge in [0.1, 0.15) is 12.5 Å². The molecule has 0 unspecified atom stereocenters. The monoisotopic (exact) mass is 369 g/mol. The molecule has 1 aromatic carbocycles. The van der Waals surface area contributed by atoms with E-state index in [1.54, 1.807) is 42.7 Å². The Morgan fingerprint density at radius 1 is 0.926 bits per heavy atom. The summed E-state index contributed by atoms with van der Waals surface area (Å²) >= 11 is 0. The van der Waals surface area contributed by atoms with Crippen LogP contribution in [0.25, 0.3) is 6.08 Å². The molecule has 1 aliphatic rings. The van der Waals surface area contributed by atoms with E-state index < -0.39 is 6.03 Å². The van der Waals surface area contributed by atoms with Crippen LogP contribution in [0.2, 0.25) is 0 Å². The maximum absolute atomic E-state index is 12.4. The SMILES string of the molecule is C=O.CC.CC.Cc1ccc(N2C(=O)N/C(=C\c3ccncc3)C2=O)cc1. The molecule has 2 heterocycles. The van der Waals surface area contributed by atoms with Crippen LogP contribution >= 0.6 is 0 Å². The predicted molar refractivity (Wildman–Crippen MR) is 109 cm³/mol. The van der Waals surface area contributed by atoms with Gasteiger partial charge in [0.05, 0.1) is 5.69 Å². The van der Waals surface area contributed by atoms with E-state index in [1.807, 2.05) is 53.5 Å². The molecule has 0 atom stereocenters. The average molecular weight is 369 g/mol. The summed E-state index contributed by atoms with van der Waals surface area (Å²) in [5.41, 5.74) is 2.69. The highest BCUT2D eigenvalue weighted by Gasteiger charge is 2.34. The third kappa shape index (κ3) is 6.51. The summed E-state index contributed by atoms with van der Waals surface area (Å²) in [7, 11) is 0. The molecule has 27 heavy (non-hydrogen) atoms. The third-order valence-corrected chi connectivity index (χ3v) is 3.19. The van der Waals surface area contributed by atoms with Gasteiger partial charge >= 0.3 is 6.03 Å². The van der Waals surface area contributed by atoms with Gasteiger partial charge in [0.25, 0.3) is 5.91 Å². The number of pyridine rings is 1. The normalized spacial score (nSPS) is 13.4. The van der Waals surface area contributed by atoms with E-state index in [9.17, 15) is 9.59 Å². The average Bonchev–Trinajstić information content (AvgIpc) is 3.01. The molecular weight excluding hydrogens is 342 g/mol. The van der Waals surface area contributed by atoms with Gasteiger partial charge in [0, 0.05) is 12.4 Å². The number of amides is 3. The van der Waals surface area contributed by atoms with E-state index in [0.29, 0.717) is 5.69 Å². The summed E-state index contributed by atoms with van der Waals surface area (Å²) in [4.78, 5) is 37.4. The van der Waals surface area contributed by atoms with Gasteiger partial charge in [-0.2, -0.15) is 0 Å². The number of imide groups is 1. The Bertz CT molecular complexity index is 741. The number of benzene rings is 1. The minimum atomic E-state index is -0.441. The Kier molecular flexibility index (Phi) is 11.4. The number of carbonyl (C=O) groups excluding carboxylic acids is 3. The van der Waals surface area contributed by atoms with Crippen molar-refractivity contribution in [2.45, 2.75) is 34.6 Å². The highest BCUT2D eigenvalue weighted by atomic mass is 16.2. The van der Waals surface area contributed by atoms with Crippen molar-refractivity contribution in [2.24, 2.45) is 0 Å². The molecule has 0 spiro atoms. The number of rotatable bonds is 2. The van der Waals surface area contributed by atoms with Crippen molar-refractivity contribution in [1.29, 1.82) is 0 Å². The maximum Gasteiger partial charge on any atom is 0.333 e. The molecule has 0 radical (unpaired) electrons. The van der Waals surface area contributed by atoms with Crippen LogP contribution in [0.3, 0.4) is 0 Å². The van der Waals surface area contributed by atoms with Crippen LogP contribution in [-0.4, -0.2) is 23.7 Å². The molecule has 3 rings (SSSR count). The number of nitrogens with zero attached hydrogens (tertiary/aromatic N) is 2. The topological polar surface area (TPSA) is 79.4 Å². The summed E-state index contributed by atoms with van der Waals surface area (Å²) in [5.74, 6) is -0.360. The molecule has 1 aliphatic heterocycles. The van der Waals surface area contributed by atoms with Crippen LogP contribution in [0.1, 0.15) is 38.8 Å². The van der Waals surface area contributed by atoms with Crippen LogP contribution < -0.4 is 10.2 Å². The zero-order chi connectivity index (χ0) is 20.8. The van der Waals surface area contributed by atoms with E-state index in [2.05, 4.69) is 10.3 Å². The number of aryl methyl sites for hydroxylation is 1. The van der Waals surface area contributed by atoms with E-state index >= 15 is 0 Å². The van der Waals surface area contributed by atoms with Crippen molar-refractivity contribution in [1.82, 2.24) is 10.3 Å². The highest BCUT2D eigenvalue weighted by molar-refractivity contribution is 6.28. The van der Waals surface area contributed by atoms with Crippen LogP contribution in [-0.2, 0) is 9.59 Å². The Balaban J connectivity index is 0.00000103. The van der Waals surface area contributed by atoms with Gasteiger partial charge in [-0.25, -0.2) is 9.69 Å². The van der Waals surface area contributed by atoms with Gasteiger partial charge in [-0.1, -0.05) is 45.4 Å². The minimum absolute atomic E-state index is 0.256. The number of hydrogen-bond acceptors (Lipinski definition) is 4. The number of carbonyl (C=O) groups is 3. The lowest BCUT2D eigenvalue weighted by atomic mass is 10.2. The molecule has 1 N–H and O–H groups in total. The third-order valence-electron chi connectivity index (χ3n) is 3.19. The fraction of sp³-hybridized carbons (Fsp3) is 0.238. The smallest absolute Gasteiger partial charge is 0.307 e. The summed E-state index contributed by atoms with van der Waals surface area (Å²) in [5, 5.41) is 2.59. The van der Waals surface area contributed by atoms with Gasteiger partial charge in [-0.05, 0) is 42.8 Å². The van der Waals surface area contributed by atoms with Crippen molar-refractivity contribution in [2.75, 3.05) is 4.90 Å². The molecule has 1 saturated heterocycles.